The lowest BCUT2D eigenvalue weighted by Crippen LogP contribution is -2.32. The quantitative estimate of drug-likeness (QED) is 0.637. The number of rotatable bonds is 5. The molecule has 0 saturated heterocycles. The lowest BCUT2D eigenvalue weighted by molar-refractivity contribution is 0.468. The van der Waals surface area contributed by atoms with Crippen molar-refractivity contribution in [1.29, 1.82) is 0 Å². The Labute approximate surface area is 124 Å². The first-order valence-electron chi connectivity index (χ1n) is 7.36. The predicted octanol–water partition coefficient (Wildman–Crippen LogP) is 3.88. The third-order valence-electron chi connectivity index (χ3n) is 3.74. The molecule has 0 aromatic carbocycles. The zero-order valence-corrected chi connectivity index (χ0v) is 13.3. The number of hydrogen-bond acceptors (Lipinski definition) is 3. The van der Waals surface area contributed by atoms with Crippen molar-refractivity contribution >= 4 is 21.7 Å². The highest BCUT2D eigenvalue weighted by atomic mass is 79.9. The van der Waals surface area contributed by atoms with Gasteiger partial charge in [0.1, 0.15) is 5.82 Å². The smallest absolute Gasteiger partial charge is 0.126 e. The Morgan fingerprint density at radius 3 is 2.58 bits per heavy atom. The molecule has 1 aromatic heterocycles. The minimum absolute atomic E-state index is 0.726. The van der Waals surface area contributed by atoms with Gasteiger partial charge in [0.15, 0.2) is 0 Å². The zero-order chi connectivity index (χ0) is 13.5. The van der Waals surface area contributed by atoms with Crippen molar-refractivity contribution in [3.63, 3.8) is 0 Å². The van der Waals surface area contributed by atoms with Crippen molar-refractivity contribution in [1.82, 2.24) is 10.3 Å². The summed E-state index contributed by atoms with van der Waals surface area (Å²) in [4.78, 5) is 4.49. The van der Waals surface area contributed by atoms with Gasteiger partial charge in [-0.05, 0) is 47.8 Å². The Bertz CT molecular complexity index is 387. The molecule has 1 aliphatic rings. The molecule has 19 heavy (non-hydrogen) atoms. The number of aromatic nitrogens is 1. The normalized spacial score (nSPS) is 17.2. The molecule has 0 radical (unpaired) electrons. The van der Waals surface area contributed by atoms with E-state index in [0.717, 1.165) is 35.1 Å². The third-order valence-corrected chi connectivity index (χ3v) is 4.58. The van der Waals surface area contributed by atoms with Crippen molar-refractivity contribution in [2.24, 2.45) is 0 Å². The second kappa shape index (κ2) is 7.85. The molecule has 0 aliphatic heterocycles. The number of nitrogens with one attached hydrogen (secondary N) is 2. The highest BCUT2D eigenvalue weighted by molar-refractivity contribution is 9.10. The van der Waals surface area contributed by atoms with Crippen LogP contribution >= 0.6 is 15.9 Å². The Hall–Kier alpha value is -0.610. The maximum Gasteiger partial charge on any atom is 0.126 e. The summed E-state index contributed by atoms with van der Waals surface area (Å²) in [5.74, 6) is 0.961. The van der Waals surface area contributed by atoms with Crippen LogP contribution in [0.4, 0.5) is 5.82 Å². The molecule has 1 aromatic rings. The average molecular weight is 326 g/mol. The highest BCUT2D eigenvalue weighted by Gasteiger charge is 2.10. The van der Waals surface area contributed by atoms with E-state index in [0.29, 0.717) is 0 Å². The van der Waals surface area contributed by atoms with Crippen molar-refractivity contribution in [2.75, 3.05) is 18.4 Å². The standard InChI is InChI=1S/C15H24BrN3/c1-12-14(16)8-9-15(19-12)18-11-10-17-13-6-4-2-3-5-7-13/h8-9,13,17H,2-7,10-11H2,1H3,(H,18,19). The Morgan fingerprint density at radius 1 is 1.16 bits per heavy atom. The molecule has 1 heterocycles. The SMILES string of the molecule is Cc1nc(NCCNC2CCCCCC2)ccc1Br. The van der Waals surface area contributed by atoms with E-state index >= 15 is 0 Å². The van der Waals surface area contributed by atoms with Gasteiger partial charge >= 0.3 is 0 Å². The molecule has 0 amide bonds. The lowest BCUT2D eigenvalue weighted by atomic mass is 10.1. The molecule has 2 N–H and O–H groups in total. The van der Waals surface area contributed by atoms with Gasteiger partial charge in [-0.2, -0.15) is 0 Å². The van der Waals surface area contributed by atoms with Gasteiger partial charge in [0, 0.05) is 23.6 Å². The molecule has 106 valence electrons. The minimum atomic E-state index is 0.726. The number of pyridine rings is 1. The maximum absolute atomic E-state index is 4.49. The molecule has 4 heteroatoms. The van der Waals surface area contributed by atoms with Gasteiger partial charge < -0.3 is 10.6 Å². The van der Waals surface area contributed by atoms with E-state index < -0.39 is 0 Å². The summed E-state index contributed by atoms with van der Waals surface area (Å²) in [7, 11) is 0. The van der Waals surface area contributed by atoms with Crippen LogP contribution in [-0.2, 0) is 0 Å². The summed E-state index contributed by atoms with van der Waals surface area (Å²) in [5, 5.41) is 7.03. The van der Waals surface area contributed by atoms with Crippen LogP contribution < -0.4 is 10.6 Å². The van der Waals surface area contributed by atoms with Crippen LogP contribution in [0.3, 0.4) is 0 Å². The topological polar surface area (TPSA) is 37.0 Å². The molecule has 1 fully saturated rings. The van der Waals surface area contributed by atoms with E-state index in [2.05, 4.69) is 31.5 Å². The Kier molecular flexibility index (Phi) is 6.11. The number of nitrogens with zero attached hydrogens (tertiary/aromatic N) is 1. The first kappa shape index (κ1) is 14.8. The number of halogens is 1. The third kappa shape index (κ3) is 5.11. The van der Waals surface area contributed by atoms with Crippen LogP contribution in [0.25, 0.3) is 0 Å². The number of anilines is 1. The van der Waals surface area contributed by atoms with E-state index in [1.807, 2.05) is 19.1 Å². The summed E-state index contributed by atoms with van der Waals surface area (Å²) in [6, 6.07) is 4.79. The van der Waals surface area contributed by atoms with Crippen LogP contribution in [0.2, 0.25) is 0 Å². The Morgan fingerprint density at radius 2 is 1.89 bits per heavy atom. The molecule has 0 spiro atoms. The van der Waals surface area contributed by atoms with Gasteiger partial charge in [0.05, 0.1) is 5.69 Å². The number of aryl methyl sites for hydroxylation is 1. The van der Waals surface area contributed by atoms with E-state index in [9.17, 15) is 0 Å². The lowest BCUT2D eigenvalue weighted by Gasteiger charge is -2.16. The second-order valence-corrected chi connectivity index (χ2v) is 6.19. The largest absolute Gasteiger partial charge is 0.369 e. The van der Waals surface area contributed by atoms with Crippen molar-refractivity contribution in [3.05, 3.63) is 22.3 Å². The molecule has 0 atom stereocenters. The van der Waals surface area contributed by atoms with Crippen LogP contribution in [0.15, 0.2) is 16.6 Å². The van der Waals surface area contributed by atoms with Gasteiger partial charge in [0.2, 0.25) is 0 Å². The first-order valence-corrected chi connectivity index (χ1v) is 8.15. The zero-order valence-electron chi connectivity index (χ0n) is 11.7. The molecule has 1 saturated carbocycles. The molecule has 0 bridgehead atoms. The highest BCUT2D eigenvalue weighted by Crippen LogP contribution is 2.17. The molecule has 2 rings (SSSR count). The van der Waals surface area contributed by atoms with Gasteiger partial charge in [0.25, 0.3) is 0 Å². The van der Waals surface area contributed by atoms with Gasteiger partial charge in [-0.15, -0.1) is 0 Å². The summed E-state index contributed by atoms with van der Waals surface area (Å²) in [6.45, 7) is 3.96. The minimum Gasteiger partial charge on any atom is -0.369 e. The fourth-order valence-electron chi connectivity index (χ4n) is 2.59. The summed E-state index contributed by atoms with van der Waals surface area (Å²) < 4.78 is 1.06. The fourth-order valence-corrected chi connectivity index (χ4v) is 2.81. The second-order valence-electron chi connectivity index (χ2n) is 5.33. The van der Waals surface area contributed by atoms with Crippen molar-refractivity contribution < 1.29 is 0 Å². The van der Waals surface area contributed by atoms with Crippen LogP contribution in [0.5, 0.6) is 0 Å². The maximum atomic E-state index is 4.49. The van der Waals surface area contributed by atoms with Crippen LogP contribution in [0.1, 0.15) is 44.2 Å². The van der Waals surface area contributed by atoms with Gasteiger partial charge in [-0.1, -0.05) is 25.7 Å². The first-order chi connectivity index (χ1) is 9.25. The van der Waals surface area contributed by atoms with E-state index in [4.69, 9.17) is 0 Å². The molecular weight excluding hydrogens is 302 g/mol. The summed E-state index contributed by atoms with van der Waals surface area (Å²) >= 11 is 3.47. The fraction of sp³-hybridized carbons (Fsp3) is 0.667. The monoisotopic (exact) mass is 325 g/mol. The molecule has 0 unspecified atom stereocenters. The van der Waals surface area contributed by atoms with E-state index in [1.54, 1.807) is 0 Å². The number of hydrogen-bond donors (Lipinski definition) is 2. The molecule has 3 nitrogen and oxygen atoms in total. The van der Waals surface area contributed by atoms with Gasteiger partial charge in [-0.25, -0.2) is 4.98 Å². The molecule has 1 aliphatic carbocycles. The summed E-state index contributed by atoms with van der Waals surface area (Å²) in [6.07, 6.45) is 8.29. The summed E-state index contributed by atoms with van der Waals surface area (Å²) in [5.41, 5.74) is 1.03. The van der Waals surface area contributed by atoms with Crippen LogP contribution in [0, 0.1) is 6.92 Å². The van der Waals surface area contributed by atoms with Gasteiger partial charge in [-0.3, -0.25) is 0 Å². The van der Waals surface area contributed by atoms with E-state index in [-0.39, 0.29) is 0 Å². The van der Waals surface area contributed by atoms with Crippen molar-refractivity contribution in [2.45, 2.75) is 51.5 Å². The van der Waals surface area contributed by atoms with E-state index in [1.165, 1.54) is 38.5 Å². The van der Waals surface area contributed by atoms with Crippen molar-refractivity contribution in [3.8, 4) is 0 Å². The predicted molar refractivity (Wildman–Crippen MR) is 84.7 cm³/mol. The average Bonchev–Trinajstić information content (AvgIpc) is 2.67. The Balaban J connectivity index is 1.67. The van der Waals surface area contributed by atoms with Crippen LogP contribution in [-0.4, -0.2) is 24.1 Å². The molecular formula is C15H24BrN3.